The molecule has 196 valence electrons. The number of hydrogen-bond donors (Lipinski definition) is 0. The molecule has 0 aliphatic rings. The summed E-state index contributed by atoms with van der Waals surface area (Å²) in [4.78, 5) is 5.22. The first kappa shape index (κ1) is 26.2. The molecule has 1 heterocycles. The van der Waals surface area contributed by atoms with Gasteiger partial charge in [-0.15, -0.1) is 0 Å². The van der Waals surface area contributed by atoms with Gasteiger partial charge in [-0.05, 0) is 65.9 Å². The summed E-state index contributed by atoms with van der Waals surface area (Å²) < 4.78 is 30.2. The topological polar surface area (TPSA) is 79.0 Å². The van der Waals surface area contributed by atoms with Gasteiger partial charge in [0.05, 0.1) is 33.2 Å². The van der Waals surface area contributed by atoms with E-state index >= 15 is 0 Å². The highest BCUT2D eigenvalue weighted by molar-refractivity contribution is 7.92. The van der Waals surface area contributed by atoms with E-state index in [2.05, 4.69) is 29.7 Å². The lowest BCUT2D eigenvalue weighted by atomic mass is 9.99. The van der Waals surface area contributed by atoms with Crippen molar-refractivity contribution in [1.29, 1.82) is 5.26 Å². The molecule has 39 heavy (non-hydrogen) atoms. The van der Waals surface area contributed by atoms with E-state index in [9.17, 15) is 13.7 Å². The first-order valence-corrected chi connectivity index (χ1v) is 14.4. The van der Waals surface area contributed by atoms with E-state index in [1.807, 2.05) is 55.5 Å². The quantitative estimate of drug-likeness (QED) is 0.222. The van der Waals surface area contributed by atoms with Gasteiger partial charge in [-0.2, -0.15) is 5.26 Å². The van der Waals surface area contributed by atoms with Gasteiger partial charge in [0, 0.05) is 20.0 Å². The molecule has 0 saturated heterocycles. The van der Waals surface area contributed by atoms with Crippen LogP contribution >= 0.6 is 0 Å². The molecule has 1 aromatic heterocycles. The molecule has 5 rings (SSSR count). The van der Waals surface area contributed by atoms with E-state index in [1.54, 1.807) is 37.4 Å². The summed E-state index contributed by atoms with van der Waals surface area (Å²) in [6, 6.07) is 30.4. The number of benzene rings is 4. The fourth-order valence-corrected chi connectivity index (χ4v) is 6.09. The van der Waals surface area contributed by atoms with Crippen LogP contribution in [0.4, 0.5) is 5.69 Å². The lowest BCUT2D eigenvalue weighted by Gasteiger charge is -2.20. The Morgan fingerprint density at radius 2 is 1.64 bits per heavy atom. The fourth-order valence-electron chi connectivity index (χ4n) is 4.89. The van der Waals surface area contributed by atoms with Crippen LogP contribution in [0.2, 0.25) is 0 Å². The molecule has 0 atom stereocenters. The zero-order chi connectivity index (χ0) is 27.6. The molecule has 0 amide bonds. The van der Waals surface area contributed by atoms with Crippen LogP contribution in [-0.2, 0) is 23.0 Å². The molecule has 0 spiro atoms. The molecular weight excluding hydrogens is 504 g/mol. The van der Waals surface area contributed by atoms with Gasteiger partial charge in [-0.25, -0.2) is 13.4 Å². The first-order chi connectivity index (χ1) is 18.8. The summed E-state index contributed by atoms with van der Waals surface area (Å²) in [6.45, 7) is 4.71. The average molecular weight is 535 g/mol. The molecule has 0 saturated carbocycles. The lowest BCUT2D eigenvalue weighted by Crippen LogP contribution is -2.26. The van der Waals surface area contributed by atoms with Crippen LogP contribution in [0.15, 0.2) is 95.9 Å². The minimum absolute atomic E-state index is 0.253. The van der Waals surface area contributed by atoms with Crippen LogP contribution in [0.25, 0.3) is 22.2 Å². The number of hydrogen-bond acceptors (Lipinski definition) is 4. The van der Waals surface area contributed by atoms with Crippen molar-refractivity contribution in [3.05, 3.63) is 114 Å². The van der Waals surface area contributed by atoms with Crippen LogP contribution in [0, 0.1) is 18.3 Å². The van der Waals surface area contributed by atoms with E-state index in [1.165, 1.54) is 4.31 Å². The maximum atomic E-state index is 13.3. The van der Waals surface area contributed by atoms with Crippen LogP contribution in [0.5, 0.6) is 0 Å². The van der Waals surface area contributed by atoms with Gasteiger partial charge in [0.15, 0.2) is 0 Å². The Bertz CT molecular complexity index is 1780. The molecule has 0 radical (unpaired) electrons. The molecule has 0 aliphatic carbocycles. The number of nitriles is 1. The van der Waals surface area contributed by atoms with Crippen molar-refractivity contribution in [2.75, 3.05) is 11.4 Å². The monoisotopic (exact) mass is 534 g/mol. The highest BCUT2D eigenvalue weighted by Crippen LogP contribution is 2.31. The van der Waals surface area contributed by atoms with E-state index < -0.39 is 10.0 Å². The third kappa shape index (κ3) is 5.04. The molecule has 6 nitrogen and oxygen atoms in total. The number of rotatable bonds is 8. The maximum Gasteiger partial charge on any atom is 0.264 e. The van der Waals surface area contributed by atoms with Crippen LogP contribution in [0.1, 0.15) is 35.9 Å². The average Bonchev–Trinajstić information content (AvgIpc) is 3.31. The van der Waals surface area contributed by atoms with Crippen molar-refractivity contribution < 1.29 is 8.42 Å². The van der Waals surface area contributed by atoms with Crippen molar-refractivity contribution in [3.63, 3.8) is 0 Å². The summed E-state index contributed by atoms with van der Waals surface area (Å²) in [7, 11) is -2.12. The number of sulfonamides is 1. The number of anilines is 1. The third-order valence-electron chi connectivity index (χ3n) is 7.00. The largest absolute Gasteiger partial charge is 0.323 e. The van der Waals surface area contributed by atoms with E-state index in [0.717, 1.165) is 52.0 Å². The second-order valence-electron chi connectivity index (χ2n) is 9.63. The van der Waals surface area contributed by atoms with Gasteiger partial charge in [-0.1, -0.05) is 67.6 Å². The van der Waals surface area contributed by atoms with Crippen molar-refractivity contribution in [2.45, 2.75) is 38.1 Å². The van der Waals surface area contributed by atoms with Gasteiger partial charge < -0.3 is 4.57 Å². The highest BCUT2D eigenvalue weighted by Gasteiger charge is 2.23. The normalized spacial score (nSPS) is 11.4. The fraction of sp³-hybridized carbons (Fsp3) is 0.188. The molecule has 5 aromatic rings. The third-order valence-corrected chi connectivity index (χ3v) is 8.80. The van der Waals surface area contributed by atoms with Gasteiger partial charge in [0.2, 0.25) is 0 Å². The van der Waals surface area contributed by atoms with E-state index in [-0.39, 0.29) is 4.90 Å². The molecule has 0 fully saturated rings. The Morgan fingerprint density at radius 3 is 2.33 bits per heavy atom. The number of fused-ring (bicyclic) bond motifs is 1. The van der Waals surface area contributed by atoms with Crippen molar-refractivity contribution in [1.82, 2.24) is 9.55 Å². The molecule has 0 N–H and O–H groups in total. The molecule has 0 bridgehead atoms. The molecule has 7 heteroatoms. The van der Waals surface area contributed by atoms with Crippen LogP contribution < -0.4 is 4.31 Å². The Labute approximate surface area is 229 Å². The second-order valence-corrected chi connectivity index (χ2v) is 11.6. The minimum Gasteiger partial charge on any atom is -0.323 e. The predicted molar refractivity (Wildman–Crippen MR) is 156 cm³/mol. The smallest absolute Gasteiger partial charge is 0.264 e. The molecular formula is C32H30N4O2S. The number of aryl methyl sites for hydroxylation is 2. The Morgan fingerprint density at radius 1 is 0.949 bits per heavy atom. The van der Waals surface area contributed by atoms with Crippen molar-refractivity contribution in [3.8, 4) is 17.2 Å². The van der Waals surface area contributed by atoms with Gasteiger partial charge in [0.25, 0.3) is 10.0 Å². The summed E-state index contributed by atoms with van der Waals surface area (Å²) >= 11 is 0. The van der Waals surface area contributed by atoms with Gasteiger partial charge in [-0.3, -0.25) is 4.31 Å². The predicted octanol–water partition coefficient (Wildman–Crippen LogP) is 6.71. The zero-order valence-corrected chi connectivity index (χ0v) is 23.1. The molecule has 0 unspecified atom stereocenters. The van der Waals surface area contributed by atoms with E-state index in [4.69, 9.17) is 4.98 Å². The molecule has 4 aromatic carbocycles. The summed E-state index contributed by atoms with van der Waals surface area (Å²) in [6.07, 6.45) is 1.76. The lowest BCUT2D eigenvalue weighted by molar-refractivity contribution is 0.594. The SMILES string of the molecule is CCCc1nc2c(C)cc(N(C)S(=O)(=O)c3ccccc3)cc2n1Cc1ccc(-c2ccccc2C#N)cc1. The van der Waals surface area contributed by atoms with E-state index in [0.29, 0.717) is 17.8 Å². The van der Waals surface area contributed by atoms with Crippen molar-refractivity contribution in [2.24, 2.45) is 0 Å². The standard InChI is InChI=1S/C32H30N4O2S/c1-4-10-31-34-32-23(2)19-27(35(3)39(37,38)28-12-6-5-7-13-28)20-30(32)36(31)22-24-15-17-25(18-16-24)29-14-9-8-11-26(29)21-33/h5-9,11-20H,4,10,22H2,1-3H3. The summed E-state index contributed by atoms with van der Waals surface area (Å²) in [5.74, 6) is 0.972. The number of aromatic nitrogens is 2. The maximum absolute atomic E-state index is 13.3. The van der Waals surface area contributed by atoms with Gasteiger partial charge >= 0.3 is 0 Å². The molecule has 0 aliphatic heterocycles. The van der Waals surface area contributed by atoms with Crippen LogP contribution in [0.3, 0.4) is 0 Å². The first-order valence-electron chi connectivity index (χ1n) is 13.0. The minimum atomic E-state index is -3.71. The number of imidazole rings is 1. The Kier molecular flexibility index (Phi) is 7.23. The zero-order valence-electron chi connectivity index (χ0n) is 22.3. The number of nitrogens with zero attached hydrogens (tertiary/aromatic N) is 4. The summed E-state index contributed by atoms with van der Waals surface area (Å²) in [5, 5.41) is 9.48. The van der Waals surface area contributed by atoms with Gasteiger partial charge in [0.1, 0.15) is 5.82 Å². The van der Waals surface area contributed by atoms with Crippen LogP contribution in [-0.4, -0.2) is 25.0 Å². The highest BCUT2D eigenvalue weighted by atomic mass is 32.2. The summed E-state index contributed by atoms with van der Waals surface area (Å²) in [5.41, 5.74) is 6.95. The van der Waals surface area contributed by atoms with Crippen molar-refractivity contribution >= 4 is 26.7 Å². The Balaban J connectivity index is 1.55. The Hall–Kier alpha value is -4.41. The second kappa shape index (κ2) is 10.8.